The van der Waals surface area contributed by atoms with E-state index in [0.29, 0.717) is 42.3 Å². The van der Waals surface area contributed by atoms with Gasteiger partial charge < -0.3 is 15.4 Å². The molecule has 4 rings (SSSR count). The van der Waals surface area contributed by atoms with Crippen molar-refractivity contribution in [3.63, 3.8) is 0 Å². The molecule has 0 unspecified atom stereocenters. The summed E-state index contributed by atoms with van der Waals surface area (Å²) in [4.78, 5) is 11.4. The Morgan fingerprint density at radius 3 is 2.53 bits per heavy atom. The van der Waals surface area contributed by atoms with Crippen LogP contribution in [0.15, 0.2) is 48.5 Å². The van der Waals surface area contributed by atoms with Crippen molar-refractivity contribution in [1.82, 2.24) is 15.1 Å². The molecule has 0 spiro atoms. The molecule has 34 heavy (non-hydrogen) atoms. The monoisotopic (exact) mass is 480 g/mol. The molecule has 1 amide bonds. The minimum Gasteiger partial charge on any atom is -0.368 e. The van der Waals surface area contributed by atoms with Gasteiger partial charge in [-0.15, -0.1) is 5.10 Å². The Balaban J connectivity index is 1.63. The molecule has 1 saturated heterocycles. The molecule has 1 aromatic heterocycles. The van der Waals surface area contributed by atoms with Crippen LogP contribution in [0.25, 0.3) is 16.9 Å². The van der Waals surface area contributed by atoms with E-state index in [1.54, 1.807) is 6.07 Å². The zero-order valence-corrected chi connectivity index (χ0v) is 17.8. The van der Waals surface area contributed by atoms with E-state index in [2.05, 4.69) is 20.5 Å². The molecule has 2 heterocycles. The Morgan fingerprint density at radius 1 is 1.09 bits per heavy atom. The first-order valence-corrected chi connectivity index (χ1v) is 10.5. The van der Waals surface area contributed by atoms with Crippen LogP contribution in [0.1, 0.15) is 12.0 Å². The van der Waals surface area contributed by atoms with Crippen molar-refractivity contribution in [1.29, 1.82) is 0 Å². The summed E-state index contributed by atoms with van der Waals surface area (Å²) in [6.07, 6.45) is -4.10. The number of benzene rings is 2. The molecule has 2 N–H and O–H groups in total. The van der Waals surface area contributed by atoms with Crippen molar-refractivity contribution < 1.29 is 31.5 Å². The molecule has 0 saturated carbocycles. The molecule has 3 aromatic rings. The second kappa shape index (κ2) is 9.80. The number of ether oxygens (including phenoxy) is 1. The summed E-state index contributed by atoms with van der Waals surface area (Å²) in [5, 5.41) is 10.4. The summed E-state index contributed by atoms with van der Waals surface area (Å²) < 4.78 is 71.1. The normalized spacial score (nSPS) is 16.0. The topological polar surface area (TPSA) is 68.2 Å². The van der Waals surface area contributed by atoms with Crippen LogP contribution in [-0.2, 0) is 16.1 Å². The fourth-order valence-corrected chi connectivity index (χ4v) is 3.68. The molecule has 1 atom stereocenters. The smallest absolute Gasteiger partial charge is 0.368 e. The number of nitrogens with zero attached hydrogens (tertiary/aromatic N) is 2. The lowest BCUT2D eigenvalue weighted by Crippen LogP contribution is -2.18. The Hall–Kier alpha value is -3.47. The van der Waals surface area contributed by atoms with Crippen molar-refractivity contribution in [2.24, 2.45) is 5.92 Å². The van der Waals surface area contributed by atoms with Crippen molar-refractivity contribution in [3.05, 3.63) is 65.7 Å². The lowest BCUT2D eigenvalue weighted by atomic mass is 10.1. The summed E-state index contributed by atoms with van der Waals surface area (Å²) in [5.41, 5.74) is 1.51. The maximum atomic E-state index is 14.3. The maximum absolute atomic E-state index is 14.3. The molecule has 0 radical (unpaired) electrons. The summed E-state index contributed by atoms with van der Waals surface area (Å²) in [6, 6.07) is 11.0. The quantitative estimate of drug-likeness (QED) is 0.468. The molecule has 1 aliphatic rings. The van der Waals surface area contributed by atoms with E-state index in [9.17, 15) is 26.7 Å². The zero-order valence-electron chi connectivity index (χ0n) is 17.8. The van der Waals surface area contributed by atoms with Gasteiger partial charge in [0.15, 0.2) is 0 Å². The van der Waals surface area contributed by atoms with E-state index in [-0.39, 0.29) is 17.4 Å². The van der Waals surface area contributed by atoms with Gasteiger partial charge in [0.25, 0.3) is 0 Å². The first-order chi connectivity index (χ1) is 16.2. The van der Waals surface area contributed by atoms with Gasteiger partial charge in [-0.25, -0.2) is 13.5 Å². The molecular formula is C23H21F5N4O2. The number of hydrogen-bond donors (Lipinski definition) is 2. The summed E-state index contributed by atoms with van der Waals surface area (Å²) in [7, 11) is 0. The van der Waals surface area contributed by atoms with Gasteiger partial charge in [-0.3, -0.25) is 4.79 Å². The van der Waals surface area contributed by atoms with Crippen LogP contribution < -0.4 is 10.6 Å². The highest BCUT2D eigenvalue weighted by Gasteiger charge is 2.27. The number of aromatic nitrogens is 2. The molecule has 180 valence electrons. The third-order valence-electron chi connectivity index (χ3n) is 5.20. The standard InChI is InChI=1S/C23H21F5N4O2/c24-17-1-3-19(4-2-17)32-20(9-21(31-32)29-10-15-7-22(33)30-11-15)16-5-14(6-18(25)8-16)12-34-13-23(26,27)28/h1-6,8-9,15H,7,10-13H2,(H,29,31)(H,30,33)/t15-/m1/s1. The van der Waals surface area contributed by atoms with Crippen LogP contribution in [0, 0.1) is 17.6 Å². The van der Waals surface area contributed by atoms with Crippen LogP contribution in [0.3, 0.4) is 0 Å². The van der Waals surface area contributed by atoms with Crippen molar-refractivity contribution in [2.45, 2.75) is 19.2 Å². The average molecular weight is 480 g/mol. The highest BCUT2D eigenvalue weighted by atomic mass is 19.4. The second-order valence-electron chi connectivity index (χ2n) is 8.01. The van der Waals surface area contributed by atoms with Gasteiger partial charge in [-0.1, -0.05) is 0 Å². The first-order valence-electron chi connectivity index (χ1n) is 10.5. The molecule has 6 nitrogen and oxygen atoms in total. The number of carbonyl (C=O) groups excluding carboxylic acids is 1. The number of nitrogens with one attached hydrogen (secondary N) is 2. The Morgan fingerprint density at radius 2 is 1.85 bits per heavy atom. The van der Waals surface area contributed by atoms with Crippen LogP contribution in [0.4, 0.5) is 27.8 Å². The summed E-state index contributed by atoms with van der Waals surface area (Å²) in [6.45, 7) is -0.859. The van der Waals surface area contributed by atoms with Gasteiger partial charge in [0.1, 0.15) is 24.1 Å². The van der Waals surface area contributed by atoms with Gasteiger partial charge in [-0.2, -0.15) is 13.2 Å². The maximum Gasteiger partial charge on any atom is 0.411 e. The van der Waals surface area contributed by atoms with E-state index >= 15 is 0 Å². The number of hydrogen-bond acceptors (Lipinski definition) is 4. The van der Waals surface area contributed by atoms with Gasteiger partial charge in [0.2, 0.25) is 5.91 Å². The highest BCUT2D eigenvalue weighted by molar-refractivity contribution is 5.78. The lowest BCUT2D eigenvalue weighted by Gasteiger charge is -2.11. The van der Waals surface area contributed by atoms with E-state index in [0.717, 1.165) is 6.07 Å². The molecule has 0 aliphatic carbocycles. The third-order valence-corrected chi connectivity index (χ3v) is 5.20. The van der Waals surface area contributed by atoms with E-state index in [1.165, 1.54) is 41.1 Å². The van der Waals surface area contributed by atoms with Crippen molar-refractivity contribution in [3.8, 4) is 16.9 Å². The van der Waals surface area contributed by atoms with Gasteiger partial charge in [0.05, 0.1) is 18.0 Å². The predicted octanol–water partition coefficient (Wildman–Crippen LogP) is 4.44. The van der Waals surface area contributed by atoms with Crippen LogP contribution in [-0.4, -0.2) is 41.6 Å². The Kier molecular flexibility index (Phi) is 6.82. The molecule has 2 aromatic carbocycles. The number of carbonyl (C=O) groups is 1. The van der Waals surface area contributed by atoms with Gasteiger partial charge in [-0.05, 0) is 48.0 Å². The average Bonchev–Trinajstić information content (AvgIpc) is 3.38. The minimum atomic E-state index is -4.49. The largest absolute Gasteiger partial charge is 0.411 e. The first kappa shape index (κ1) is 23.7. The Bertz CT molecular complexity index is 1160. The summed E-state index contributed by atoms with van der Waals surface area (Å²) >= 11 is 0. The molecule has 11 heteroatoms. The second-order valence-corrected chi connectivity index (χ2v) is 8.01. The van der Waals surface area contributed by atoms with Gasteiger partial charge in [0, 0.05) is 37.1 Å². The SMILES string of the molecule is O=C1C[C@H](CNc2cc(-c3cc(F)cc(COCC(F)(F)F)c3)n(-c3ccc(F)cc3)n2)CN1. The minimum absolute atomic E-state index is 0.0237. The highest BCUT2D eigenvalue weighted by Crippen LogP contribution is 2.29. The fraction of sp³-hybridized carbons (Fsp3) is 0.304. The third kappa shape index (κ3) is 6.10. The number of alkyl halides is 3. The Labute approximate surface area is 191 Å². The molecule has 1 aliphatic heterocycles. The lowest BCUT2D eigenvalue weighted by molar-refractivity contribution is -0.176. The number of anilines is 1. The molecule has 1 fully saturated rings. The number of rotatable bonds is 8. The fourth-order valence-electron chi connectivity index (χ4n) is 3.68. The predicted molar refractivity (Wildman–Crippen MR) is 114 cm³/mol. The summed E-state index contributed by atoms with van der Waals surface area (Å²) in [5.74, 6) is -0.593. The van der Waals surface area contributed by atoms with Crippen LogP contribution in [0.2, 0.25) is 0 Å². The van der Waals surface area contributed by atoms with Crippen LogP contribution >= 0.6 is 0 Å². The zero-order chi connectivity index (χ0) is 24.3. The molecular weight excluding hydrogens is 459 g/mol. The van der Waals surface area contributed by atoms with Crippen LogP contribution in [0.5, 0.6) is 0 Å². The molecule has 0 bridgehead atoms. The number of amides is 1. The van der Waals surface area contributed by atoms with Crippen molar-refractivity contribution in [2.75, 3.05) is 25.0 Å². The van der Waals surface area contributed by atoms with E-state index in [1.807, 2.05) is 0 Å². The van der Waals surface area contributed by atoms with Crippen molar-refractivity contribution >= 4 is 11.7 Å². The number of halogens is 5. The van der Waals surface area contributed by atoms with Gasteiger partial charge >= 0.3 is 6.18 Å². The van der Waals surface area contributed by atoms with E-state index < -0.39 is 31.0 Å². The van der Waals surface area contributed by atoms with E-state index in [4.69, 9.17) is 0 Å².